The topological polar surface area (TPSA) is 38.8 Å². The Bertz CT molecular complexity index is 1060. The zero-order chi connectivity index (χ0) is 24.4. The van der Waals surface area contributed by atoms with Crippen LogP contribution in [-0.2, 0) is 16.8 Å². The highest BCUT2D eigenvalue weighted by atomic mass is 35.5. The van der Waals surface area contributed by atoms with Crippen LogP contribution in [0.15, 0.2) is 42.5 Å². The van der Waals surface area contributed by atoms with Gasteiger partial charge in [-0.25, -0.2) is 9.18 Å². The molecule has 4 nitrogen and oxygen atoms in total. The van der Waals surface area contributed by atoms with Crippen molar-refractivity contribution in [3.8, 4) is 5.75 Å². The molecule has 6 heteroatoms. The molecule has 0 fully saturated rings. The van der Waals surface area contributed by atoms with Crippen LogP contribution in [0.1, 0.15) is 64.7 Å². The summed E-state index contributed by atoms with van der Waals surface area (Å²) in [6, 6.07) is 10.8. The molecule has 2 heterocycles. The number of fused-ring (bicyclic) bond motifs is 1. The lowest BCUT2D eigenvalue weighted by Crippen LogP contribution is -2.39. The Labute approximate surface area is 201 Å². The monoisotopic (exact) mass is 473 g/mol. The van der Waals surface area contributed by atoms with Crippen LogP contribution in [0.4, 0.5) is 9.18 Å². The van der Waals surface area contributed by atoms with Crippen molar-refractivity contribution in [2.75, 3.05) is 13.1 Å². The second-order valence-electron chi connectivity index (χ2n) is 9.33. The molecule has 0 saturated carbocycles. The average molecular weight is 474 g/mol. The molecule has 178 valence electrons. The number of rotatable bonds is 2. The van der Waals surface area contributed by atoms with Gasteiger partial charge in [0, 0.05) is 35.7 Å². The van der Waals surface area contributed by atoms with Gasteiger partial charge in [-0.2, -0.15) is 0 Å². The fraction of sp³-hybridized carbons (Fsp3) is 0.444. The van der Waals surface area contributed by atoms with Crippen LogP contribution in [-0.4, -0.2) is 29.7 Å². The summed E-state index contributed by atoms with van der Waals surface area (Å²) in [4.78, 5) is 14.0. The minimum atomic E-state index is -0.801. The van der Waals surface area contributed by atoms with Gasteiger partial charge in [-0.05, 0) is 57.4 Å². The van der Waals surface area contributed by atoms with E-state index in [4.69, 9.17) is 21.1 Å². The smallest absolute Gasteiger partial charge is 0.410 e. The third kappa shape index (κ3) is 5.52. The minimum absolute atomic E-state index is 0.303. The number of nitrogens with zero attached hydrogens (tertiary/aromatic N) is 1. The molecule has 2 aromatic carbocycles. The molecule has 0 saturated heterocycles. The highest BCUT2D eigenvalue weighted by Gasteiger charge is 2.40. The zero-order valence-corrected chi connectivity index (χ0v) is 21.1. The molecule has 0 aromatic heterocycles. The van der Waals surface area contributed by atoms with Gasteiger partial charge in [-0.1, -0.05) is 55.8 Å². The molecule has 2 aliphatic rings. The fourth-order valence-corrected chi connectivity index (χ4v) is 4.36. The van der Waals surface area contributed by atoms with E-state index in [1.807, 2.05) is 65.8 Å². The molecule has 0 bridgehead atoms. The van der Waals surface area contributed by atoms with Gasteiger partial charge < -0.3 is 14.4 Å². The number of hydrogen-bond donors (Lipinski definition) is 0. The molecular weight excluding hydrogens is 441 g/mol. The quantitative estimate of drug-likeness (QED) is 0.456. The minimum Gasteiger partial charge on any atom is -0.481 e. The fourth-order valence-electron chi connectivity index (χ4n) is 4.20. The first-order valence-corrected chi connectivity index (χ1v) is 11.9. The van der Waals surface area contributed by atoms with Gasteiger partial charge in [0.25, 0.3) is 0 Å². The summed E-state index contributed by atoms with van der Waals surface area (Å²) in [5, 5.41) is 0.364. The number of halogens is 2. The van der Waals surface area contributed by atoms with Crippen LogP contribution in [0.25, 0.3) is 5.57 Å². The van der Waals surface area contributed by atoms with Crippen molar-refractivity contribution in [1.29, 1.82) is 0 Å². The Balaban J connectivity index is 0.00000149. The van der Waals surface area contributed by atoms with Crippen LogP contribution < -0.4 is 4.74 Å². The van der Waals surface area contributed by atoms with Crippen molar-refractivity contribution < 1.29 is 18.7 Å². The molecule has 0 spiro atoms. The third-order valence-electron chi connectivity index (χ3n) is 5.66. The predicted octanol–water partition coefficient (Wildman–Crippen LogP) is 7.38. The number of carbonyl (C=O) groups excluding carboxylic acids is 1. The van der Waals surface area contributed by atoms with Crippen molar-refractivity contribution in [2.45, 2.75) is 65.6 Å². The van der Waals surface area contributed by atoms with E-state index in [1.54, 1.807) is 17.0 Å². The summed E-state index contributed by atoms with van der Waals surface area (Å²) < 4.78 is 26.5. The van der Waals surface area contributed by atoms with Crippen LogP contribution in [0.5, 0.6) is 5.75 Å². The summed E-state index contributed by atoms with van der Waals surface area (Å²) in [6.45, 7) is 12.6. The van der Waals surface area contributed by atoms with Crippen molar-refractivity contribution in [2.24, 2.45) is 0 Å². The molecule has 0 aliphatic carbocycles. The maximum Gasteiger partial charge on any atom is 0.410 e. The Kier molecular flexibility index (Phi) is 7.42. The van der Waals surface area contributed by atoms with E-state index in [0.29, 0.717) is 36.5 Å². The van der Waals surface area contributed by atoms with E-state index >= 15 is 0 Å². The summed E-state index contributed by atoms with van der Waals surface area (Å²) >= 11 is 5.93. The number of amides is 1. The lowest BCUT2D eigenvalue weighted by molar-refractivity contribution is 0.0270. The Morgan fingerprint density at radius 3 is 2.55 bits per heavy atom. The Hall–Kier alpha value is -2.53. The first kappa shape index (κ1) is 25.1. The molecule has 1 amide bonds. The first-order valence-electron chi connectivity index (χ1n) is 11.5. The van der Waals surface area contributed by atoms with Crippen LogP contribution in [0.3, 0.4) is 0 Å². The second kappa shape index (κ2) is 9.76. The Morgan fingerprint density at radius 1 is 1.21 bits per heavy atom. The molecule has 2 aliphatic heterocycles. The molecule has 1 unspecified atom stereocenters. The first-order chi connectivity index (χ1) is 15.6. The number of hydrogen-bond acceptors (Lipinski definition) is 3. The van der Waals surface area contributed by atoms with Gasteiger partial charge >= 0.3 is 6.09 Å². The van der Waals surface area contributed by atoms with Crippen molar-refractivity contribution in [1.82, 2.24) is 4.90 Å². The summed E-state index contributed by atoms with van der Waals surface area (Å²) in [7, 11) is 0. The van der Waals surface area contributed by atoms with Crippen LogP contribution >= 0.6 is 11.6 Å². The highest BCUT2D eigenvalue weighted by molar-refractivity contribution is 6.30. The maximum atomic E-state index is 14.6. The third-order valence-corrected chi connectivity index (χ3v) is 5.89. The van der Waals surface area contributed by atoms with E-state index in [9.17, 15) is 9.18 Å². The molecule has 0 N–H and O–H groups in total. The number of ether oxygens (including phenoxy) is 2. The standard InChI is InChI=1S/C25H27ClFNO3.C2H6/c1-24(2,3)31-23(29)28-12-10-16(11-13-28)19-7-5-6-17-15-25(4,30-22(17)19)20-9-8-18(26)14-21(20)27;1-2/h5-10,14H,11-13,15H2,1-4H3;1-2H3. The molecule has 2 aromatic rings. The lowest BCUT2D eigenvalue weighted by Gasteiger charge is -2.30. The number of benzene rings is 2. The van der Waals surface area contributed by atoms with Crippen molar-refractivity contribution in [3.63, 3.8) is 0 Å². The second-order valence-corrected chi connectivity index (χ2v) is 9.77. The van der Waals surface area contributed by atoms with E-state index < -0.39 is 11.2 Å². The average Bonchev–Trinajstić information content (AvgIpc) is 3.11. The molecule has 1 atom stereocenters. The Morgan fingerprint density at radius 2 is 1.94 bits per heavy atom. The normalized spacial score (nSPS) is 19.6. The van der Waals surface area contributed by atoms with Crippen molar-refractivity contribution >= 4 is 23.3 Å². The number of para-hydroxylation sites is 1. The van der Waals surface area contributed by atoms with Gasteiger partial charge in [-0.3, -0.25) is 0 Å². The van der Waals surface area contributed by atoms with E-state index in [-0.39, 0.29) is 11.9 Å². The van der Waals surface area contributed by atoms with Gasteiger partial charge in [-0.15, -0.1) is 0 Å². The van der Waals surface area contributed by atoms with Gasteiger partial charge in [0.1, 0.15) is 22.8 Å². The highest BCUT2D eigenvalue weighted by Crippen LogP contribution is 2.46. The molecule has 4 rings (SSSR count). The zero-order valence-electron chi connectivity index (χ0n) is 20.3. The van der Waals surface area contributed by atoms with E-state index in [2.05, 4.69) is 0 Å². The van der Waals surface area contributed by atoms with E-state index in [0.717, 1.165) is 22.4 Å². The summed E-state index contributed by atoms with van der Waals surface area (Å²) in [6.07, 6.45) is 3.02. The SMILES string of the molecule is CC.CC(C)(C)OC(=O)N1CC=C(c2cccc3c2OC(C)(c2ccc(Cl)cc2F)C3)CC1. The molecule has 33 heavy (non-hydrogen) atoms. The largest absolute Gasteiger partial charge is 0.481 e. The summed E-state index contributed by atoms with van der Waals surface area (Å²) in [5.41, 5.74) is 2.34. The van der Waals surface area contributed by atoms with Crippen LogP contribution in [0.2, 0.25) is 5.02 Å². The summed E-state index contributed by atoms with van der Waals surface area (Å²) in [5.74, 6) is 0.422. The number of carbonyl (C=O) groups is 1. The van der Waals surface area contributed by atoms with E-state index in [1.165, 1.54) is 6.07 Å². The maximum absolute atomic E-state index is 14.6. The lowest BCUT2D eigenvalue weighted by atomic mass is 9.90. The van der Waals surface area contributed by atoms with Crippen molar-refractivity contribution in [3.05, 3.63) is 70.0 Å². The predicted molar refractivity (Wildman–Crippen MR) is 131 cm³/mol. The van der Waals surface area contributed by atoms with Gasteiger partial charge in [0.2, 0.25) is 0 Å². The van der Waals surface area contributed by atoms with Gasteiger partial charge in [0.05, 0.1) is 0 Å². The molecular formula is C27H33ClFNO3. The van der Waals surface area contributed by atoms with Crippen LogP contribution in [0, 0.1) is 5.82 Å². The molecule has 0 radical (unpaired) electrons. The van der Waals surface area contributed by atoms with Gasteiger partial charge in [0.15, 0.2) is 0 Å².